The molecule has 0 saturated heterocycles. The standard InChI is InChI=1S/C24H29FN6O5S/c1-14(2)36-21(22-26-11-15(3)12-27-22)16(4)37(32,33)30-24-29-28-23-19-10-17(25)6-7-20(19)35-9-8-18(34-5)13-31(23)24/h6-7,10-12,14,18,21H,4,8-9,13H2,1-3,5H3,(H,29,30)/t18-,21-/m1/s1. The molecule has 1 aromatic carbocycles. The second-order valence-corrected chi connectivity index (χ2v) is 10.6. The molecule has 1 N–H and O–H groups in total. The first kappa shape index (κ1) is 26.6. The van der Waals surface area contributed by atoms with E-state index < -0.39 is 21.9 Å². The number of aromatic nitrogens is 5. The Kier molecular flexibility index (Phi) is 7.85. The van der Waals surface area contributed by atoms with E-state index in [1.165, 1.54) is 22.8 Å². The lowest BCUT2D eigenvalue weighted by Gasteiger charge is -2.22. The summed E-state index contributed by atoms with van der Waals surface area (Å²) in [6.45, 7) is 9.65. The summed E-state index contributed by atoms with van der Waals surface area (Å²) < 4.78 is 62.3. The highest BCUT2D eigenvalue weighted by atomic mass is 32.2. The lowest BCUT2D eigenvalue weighted by molar-refractivity contribution is 0.0275. The van der Waals surface area contributed by atoms with Crippen molar-refractivity contribution >= 4 is 16.0 Å². The quantitative estimate of drug-likeness (QED) is 0.464. The molecule has 0 bridgehead atoms. The van der Waals surface area contributed by atoms with Gasteiger partial charge in [-0.2, -0.15) is 0 Å². The van der Waals surface area contributed by atoms with Crippen LogP contribution < -0.4 is 9.46 Å². The van der Waals surface area contributed by atoms with Crippen LogP contribution in [-0.2, 0) is 26.0 Å². The van der Waals surface area contributed by atoms with Gasteiger partial charge in [-0.15, -0.1) is 10.2 Å². The van der Waals surface area contributed by atoms with Gasteiger partial charge in [-0.05, 0) is 44.5 Å². The predicted molar refractivity (Wildman–Crippen MR) is 134 cm³/mol. The van der Waals surface area contributed by atoms with Gasteiger partial charge in [0, 0.05) is 25.9 Å². The number of aryl methyl sites for hydroxylation is 1. The molecule has 1 aliphatic rings. The highest BCUT2D eigenvalue weighted by Gasteiger charge is 2.32. The summed E-state index contributed by atoms with van der Waals surface area (Å²) in [5.41, 5.74) is 1.15. The average Bonchev–Trinajstić information content (AvgIpc) is 3.25. The number of hydrogen-bond donors (Lipinski definition) is 1. The van der Waals surface area contributed by atoms with Gasteiger partial charge in [-0.3, -0.25) is 4.57 Å². The summed E-state index contributed by atoms with van der Waals surface area (Å²) in [4.78, 5) is 8.16. The van der Waals surface area contributed by atoms with Crippen molar-refractivity contribution in [3.63, 3.8) is 0 Å². The fraction of sp³-hybridized carbons (Fsp3) is 0.417. The van der Waals surface area contributed by atoms with Crippen LogP contribution in [0.25, 0.3) is 11.4 Å². The number of hydrogen-bond acceptors (Lipinski definition) is 9. The first-order chi connectivity index (χ1) is 17.6. The van der Waals surface area contributed by atoms with E-state index in [4.69, 9.17) is 14.2 Å². The Hall–Kier alpha value is -3.42. The van der Waals surface area contributed by atoms with E-state index in [0.29, 0.717) is 24.3 Å². The molecule has 0 spiro atoms. The summed E-state index contributed by atoms with van der Waals surface area (Å²) in [5, 5.41) is 8.21. The average molecular weight is 533 g/mol. The molecule has 0 saturated carbocycles. The summed E-state index contributed by atoms with van der Waals surface area (Å²) >= 11 is 0. The third-order valence-corrected chi connectivity index (χ3v) is 7.01. The van der Waals surface area contributed by atoms with E-state index in [0.717, 1.165) is 5.56 Å². The Morgan fingerprint density at radius 2 is 2.00 bits per heavy atom. The molecule has 198 valence electrons. The number of sulfonamides is 1. The van der Waals surface area contributed by atoms with Gasteiger partial charge in [0.05, 0.1) is 35.8 Å². The molecule has 13 heteroatoms. The van der Waals surface area contributed by atoms with E-state index in [1.54, 1.807) is 33.4 Å². The van der Waals surface area contributed by atoms with Crippen LogP contribution in [0.2, 0.25) is 0 Å². The Balaban J connectivity index is 1.72. The Morgan fingerprint density at radius 1 is 1.27 bits per heavy atom. The molecule has 0 aliphatic carbocycles. The maximum Gasteiger partial charge on any atom is 0.262 e. The van der Waals surface area contributed by atoms with Gasteiger partial charge >= 0.3 is 0 Å². The number of nitrogens with one attached hydrogen (secondary N) is 1. The molecule has 0 amide bonds. The van der Waals surface area contributed by atoms with Crippen molar-refractivity contribution < 1.29 is 27.0 Å². The maximum absolute atomic E-state index is 14.1. The predicted octanol–water partition coefficient (Wildman–Crippen LogP) is 3.40. The second-order valence-electron chi connectivity index (χ2n) is 8.85. The molecule has 2 atom stereocenters. The molecule has 37 heavy (non-hydrogen) atoms. The van der Waals surface area contributed by atoms with Crippen LogP contribution >= 0.6 is 0 Å². The van der Waals surface area contributed by atoms with Gasteiger partial charge in [0.25, 0.3) is 10.0 Å². The zero-order valence-electron chi connectivity index (χ0n) is 21.0. The molecular weight excluding hydrogens is 503 g/mol. The molecule has 1 aliphatic heterocycles. The number of fused-ring (bicyclic) bond motifs is 3. The molecule has 0 unspecified atom stereocenters. The molecule has 3 heterocycles. The van der Waals surface area contributed by atoms with Crippen molar-refractivity contribution in [3.8, 4) is 17.1 Å². The summed E-state index contributed by atoms with van der Waals surface area (Å²) in [6.07, 6.45) is 1.82. The number of rotatable bonds is 8. The Morgan fingerprint density at radius 3 is 2.68 bits per heavy atom. The molecule has 2 aromatic heterocycles. The van der Waals surface area contributed by atoms with Crippen LogP contribution in [-0.4, -0.2) is 59.1 Å². The van der Waals surface area contributed by atoms with Crippen molar-refractivity contribution in [3.05, 3.63) is 59.3 Å². The number of halogens is 1. The monoisotopic (exact) mass is 532 g/mol. The summed E-state index contributed by atoms with van der Waals surface area (Å²) in [6, 6.07) is 4.04. The Bertz CT molecular complexity index is 1380. The normalized spacial score (nSPS) is 16.5. The molecule has 0 fully saturated rings. The van der Waals surface area contributed by atoms with E-state index in [-0.39, 0.29) is 41.3 Å². The second kappa shape index (κ2) is 10.9. The van der Waals surface area contributed by atoms with Crippen LogP contribution in [0, 0.1) is 12.7 Å². The SMILES string of the molecule is C=C([C@@H](OC(C)C)c1ncc(C)cn1)S(=O)(=O)Nc1nnc2n1C[C@H](OC)CCOc1ccc(F)cc1-2. The first-order valence-electron chi connectivity index (χ1n) is 11.6. The van der Waals surface area contributed by atoms with E-state index in [9.17, 15) is 12.8 Å². The minimum Gasteiger partial charge on any atom is -0.493 e. The van der Waals surface area contributed by atoms with Gasteiger partial charge in [-0.25, -0.2) is 27.5 Å². The molecular formula is C24H29FN6O5S. The summed E-state index contributed by atoms with van der Waals surface area (Å²) in [7, 11) is -2.74. The number of nitrogens with zero attached hydrogens (tertiary/aromatic N) is 5. The number of methoxy groups -OCH3 is 1. The zero-order chi connectivity index (χ0) is 26.7. The largest absolute Gasteiger partial charge is 0.493 e. The van der Waals surface area contributed by atoms with Crippen LogP contribution in [0.15, 0.2) is 42.1 Å². The number of benzene rings is 1. The maximum atomic E-state index is 14.1. The van der Waals surface area contributed by atoms with E-state index in [2.05, 4.69) is 31.5 Å². The molecule has 4 rings (SSSR count). The van der Waals surface area contributed by atoms with Gasteiger partial charge in [0.1, 0.15) is 11.6 Å². The molecule has 3 aromatic rings. The minimum absolute atomic E-state index is 0.0940. The zero-order valence-corrected chi connectivity index (χ0v) is 21.8. The van der Waals surface area contributed by atoms with Crippen LogP contribution in [0.5, 0.6) is 5.75 Å². The van der Waals surface area contributed by atoms with Gasteiger partial charge in [0.15, 0.2) is 17.8 Å². The van der Waals surface area contributed by atoms with Crippen LogP contribution in [0.1, 0.15) is 37.8 Å². The molecule has 0 radical (unpaired) electrons. The minimum atomic E-state index is -4.28. The highest BCUT2D eigenvalue weighted by Crippen LogP contribution is 2.34. The third kappa shape index (κ3) is 5.95. The van der Waals surface area contributed by atoms with Crippen LogP contribution in [0.4, 0.5) is 10.3 Å². The van der Waals surface area contributed by atoms with Crippen molar-refractivity contribution in [2.75, 3.05) is 18.4 Å². The van der Waals surface area contributed by atoms with E-state index >= 15 is 0 Å². The van der Waals surface area contributed by atoms with Crippen molar-refractivity contribution in [2.45, 2.75) is 52.0 Å². The Labute approximate surface area is 214 Å². The number of anilines is 1. The van der Waals surface area contributed by atoms with Crippen molar-refractivity contribution in [2.24, 2.45) is 0 Å². The lowest BCUT2D eigenvalue weighted by Crippen LogP contribution is -2.27. The van der Waals surface area contributed by atoms with Crippen molar-refractivity contribution in [1.82, 2.24) is 24.7 Å². The fourth-order valence-electron chi connectivity index (χ4n) is 3.76. The van der Waals surface area contributed by atoms with Crippen molar-refractivity contribution in [1.29, 1.82) is 0 Å². The first-order valence-corrected chi connectivity index (χ1v) is 13.1. The summed E-state index contributed by atoms with van der Waals surface area (Å²) in [5.74, 6) is 0.181. The van der Waals surface area contributed by atoms with Crippen LogP contribution in [0.3, 0.4) is 0 Å². The lowest BCUT2D eigenvalue weighted by atomic mass is 10.2. The third-order valence-electron chi connectivity index (χ3n) is 5.66. The fourth-order valence-corrected chi connectivity index (χ4v) is 4.72. The smallest absolute Gasteiger partial charge is 0.262 e. The topological polar surface area (TPSA) is 130 Å². The van der Waals surface area contributed by atoms with E-state index in [1.807, 2.05) is 6.92 Å². The number of ether oxygens (including phenoxy) is 3. The van der Waals surface area contributed by atoms with Gasteiger partial charge in [0.2, 0.25) is 5.95 Å². The van der Waals surface area contributed by atoms with Gasteiger partial charge in [-0.1, -0.05) is 6.58 Å². The highest BCUT2D eigenvalue weighted by molar-refractivity contribution is 7.96. The molecule has 11 nitrogen and oxygen atoms in total. The van der Waals surface area contributed by atoms with Gasteiger partial charge < -0.3 is 14.2 Å².